The van der Waals surface area contributed by atoms with Crippen molar-refractivity contribution in [1.29, 1.82) is 0 Å². The van der Waals surface area contributed by atoms with Gasteiger partial charge in [0.2, 0.25) is 0 Å². The second-order valence-corrected chi connectivity index (χ2v) is 6.81. The van der Waals surface area contributed by atoms with Crippen molar-refractivity contribution in [3.63, 3.8) is 0 Å². The van der Waals surface area contributed by atoms with Crippen LogP contribution in [-0.2, 0) is 19.4 Å². The van der Waals surface area contributed by atoms with E-state index in [9.17, 15) is 18.0 Å². The molecule has 2 aromatic rings. The lowest BCUT2D eigenvalue weighted by atomic mass is 10.2. The Morgan fingerprint density at radius 1 is 1.04 bits per heavy atom. The molecule has 1 N–H and O–H groups in total. The van der Waals surface area contributed by atoms with E-state index in [1.807, 2.05) is 6.07 Å². The van der Waals surface area contributed by atoms with Gasteiger partial charge in [-0.05, 0) is 30.3 Å². The molecule has 0 heterocycles. The Morgan fingerprint density at radius 3 is 2.39 bits per heavy atom. The fraction of sp³-hybridized carbons (Fsp3) is 0.125. The Bertz CT molecular complexity index is 815. The smallest absolute Gasteiger partial charge is 0.338 e. The highest BCUT2D eigenvalue weighted by Gasteiger charge is 2.14. The molecule has 0 aliphatic heterocycles. The summed E-state index contributed by atoms with van der Waals surface area (Å²) in [5.74, 6) is -1.25. The molecule has 0 fully saturated rings. The third kappa shape index (κ3) is 4.93. The van der Waals surface area contributed by atoms with E-state index in [2.05, 4.69) is 5.32 Å². The minimum Gasteiger partial charge on any atom is -0.452 e. The van der Waals surface area contributed by atoms with Gasteiger partial charge in [0.1, 0.15) is 0 Å². The van der Waals surface area contributed by atoms with Crippen molar-refractivity contribution >= 4 is 27.4 Å². The standard InChI is InChI=1S/C16H15NO5S/c1-23(20,21)14-9-5-6-12(10-14)16(19)22-11-15(18)17-13-7-3-2-4-8-13/h2-10H,11H2,1H3,(H,17,18). The Morgan fingerprint density at radius 2 is 1.74 bits per heavy atom. The number of benzene rings is 2. The van der Waals surface area contributed by atoms with Crippen LogP contribution in [0.1, 0.15) is 10.4 Å². The predicted octanol–water partition coefficient (Wildman–Crippen LogP) is 1.89. The molecule has 0 atom stereocenters. The van der Waals surface area contributed by atoms with Crippen LogP contribution in [0.2, 0.25) is 0 Å². The maximum Gasteiger partial charge on any atom is 0.338 e. The van der Waals surface area contributed by atoms with E-state index in [1.54, 1.807) is 24.3 Å². The maximum absolute atomic E-state index is 11.9. The van der Waals surface area contributed by atoms with Gasteiger partial charge >= 0.3 is 5.97 Å². The fourth-order valence-corrected chi connectivity index (χ4v) is 2.45. The van der Waals surface area contributed by atoms with Crippen molar-refractivity contribution in [3.8, 4) is 0 Å². The minimum atomic E-state index is -3.42. The van der Waals surface area contributed by atoms with E-state index >= 15 is 0 Å². The molecule has 0 saturated carbocycles. The van der Waals surface area contributed by atoms with Crippen molar-refractivity contribution in [3.05, 3.63) is 60.2 Å². The fourth-order valence-electron chi connectivity index (χ4n) is 1.79. The summed E-state index contributed by atoms with van der Waals surface area (Å²) in [6, 6.07) is 14.2. The number of nitrogens with one attached hydrogen (secondary N) is 1. The monoisotopic (exact) mass is 333 g/mol. The lowest BCUT2D eigenvalue weighted by Gasteiger charge is -2.07. The van der Waals surface area contributed by atoms with Crippen LogP contribution in [0.25, 0.3) is 0 Å². The molecule has 6 nitrogen and oxygen atoms in total. The number of esters is 1. The molecule has 2 aromatic carbocycles. The zero-order chi connectivity index (χ0) is 16.9. The molecule has 23 heavy (non-hydrogen) atoms. The van der Waals surface area contributed by atoms with Crippen LogP contribution in [0.5, 0.6) is 0 Å². The maximum atomic E-state index is 11.9. The quantitative estimate of drug-likeness (QED) is 0.844. The van der Waals surface area contributed by atoms with Gasteiger partial charge in [0.05, 0.1) is 10.5 Å². The molecule has 2 rings (SSSR count). The van der Waals surface area contributed by atoms with Crippen molar-refractivity contribution in [2.24, 2.45) is 0 Å². The average Bonchev–Trinajstić information content (AvgIpc) is 2.53. The first-order valence-corrected chi connectivity index (χ1v) is 8.57. The highest BCUT2D eigenvalue weighted by molar-refractivity contribution is 7.90. The first-order chi connectivity index (χ1) is 10.9. The number of rotatable bonds is 5. The summed E-state index contributed by atoms with van der Waals surface area (Å²) < 4.78 is 27.8. The molecule has 0 bridgehead atoms. The summed E-state index contributed by atoms with van der Waals surface area (Å²) in [7, 11) is -3.42. The average molecular weight is 333 g/mol. The summed E-state index contributed by atoms with van der Waals surface area (Å²) in [5, 5.41) is 2.57. The van der Waals surface area contributed by atoms with Gasteiger partial charge in [0.15, 0.2) is 16.4 Å². The number of hydrogen-bond acceptors (Lipinski definition) is 5. The lowest BCUT2D eigenvalue weighted by Crippen LogP contribution is -2.21. The van der Waals surface area contributed by atoms with Crippen LogP contribution >= 0.6 is 0 Å². The van der Waals surface area contributed by atoms with E-state index in [4.69, 9.17) is 4.74 Å². The highest BCUT2D eigenvalue weighted by atomic mass is 32.2. The van der Waals surface area contributed by atoms with Gasteiger partial charge in [0, 0.05) is 11.9 Å². The van der Waals surface area contributed by atoms with Gasteiger partial charge in [-0.2, -0.15) is 0 Å². The molecule has 0 unspecified atom stereocenters. The van der Waals surface area contributed by atoms with Gasteiger partial charge in [-0.1, -0.05) is 24.3 Å². The first kappa shape index (κ1) is 16.7. The largest absolute Gasteiger partial charge is 0.452 e. The van der Waals surface area contributed by atoms with Gasteiger partial charge in [-0.15, -0.1) is 0 Å². The van der Waals surface area contributed by atoms with Crippen LogP contribution in [0.4, 0.5) is 5.69 Å². The number of carbonyl (C=O) groups excluding carboxylic acids is 2. The van der Waals surface area contributed by atoms with Crippen LogP contribution in [0.15, 0.2) is 59.5 Å². The minimum absolute atomic E-state index is 0.0145. The normalized spacial score (nSPS) is 10.8. The summed E-state index contributed by atoms with van der Waals surface area (Å²) in [6.07, 6.45) is 1.05. The molecule has 120 valence electrons. The summed E-state index contributed by atoms with van der Waals surface area (Å²) in [5.41, 5.74) is 0.660. The molecular weight excluding hydrogens is 318 g/mol. The number of carbonyl (C=O) groups is 2. The number of para-hydroxylation sites is 1. The second kappa shape index (κ2) is 7.06. The molecule has 0 aromatic heterocycles. The van der Waals surface area contributed by atoms with Gasteiger partial charge in [-0.25, -0.2) is 13.2 Å². The number of sulfone groups is 1. The van der Waals surface area contributed by atoms with Crippen molar-refractivity contribution < 1.29 is 22.7 Å². The van der Waals surface area contributed by atoms with Crippen LogP contribution < -0.4 is 5.32 Å². The molecule has 0 radical (unpaired) electrons. The second-order valence-electron chi connectivity index (χ2n) is 4.79. The van der Waals surface area contributed by atoms with E-state index in [1.165, 1.54) is 24.3 Å². The number of amides is 1. The highest BCUT2D eigenvalue weighted by Crippen LogP contribution is 2.12. The summed E-state index contributed by atoms with van der Waals surface area (Å²) in [4.78, 5) is 23.6. The van der Waals surface area contributed by atoms with Crippen molar-refractivity contribution in [1.82, 2.24) is 0 Å². The summed E-state index contributed by atoms with van der Waals surface area (Å²) in [6.45, 7) is -0.461. The zero-order valence-electron chi connectivity index (χ0n) is 12.4. The third-order valence-corrected chi connectivity index (χ3v) is 4.00. The SMILES string of the molecule is CS(=O)(=O)c1cccc(C(=O)OCC(=O)Nc2ccccc2)c1. The van der Waals surface area contributed by atoms with Crippen LogP contribution in [-0.4, -0.2) is 33.2 Å². The number of ether oxygens (including phenoxy) is 1. The van der Waals surface area contributed by atoms with Gasteiger partial charge in [0.25, 0.3) is 5.91 Å². The van der Waals surface area contributed by atoms with Gasteiger partial charge in [-0.3, -0.25) is 4.79 Å². The predicted molar refractivity (Wildman–Crippen MR) is 84.9 cm³/mol. The van der Waals surface area contributed by atoms with E-state index in [0.29, 0.717) is 5.69 Å². The lowest BCUT2D eigenvalue weighted by molar-refractivity contribution is -0.119. The van der Waals surface area contributed by atoms with Crippen molar-refractivity contribution in [2.75, 3.05) is 18.2 Å². The molecule has 0 aliphatic carbocycles. The zero-order valence-corrected chi connectivity index (χ0v) is 13.2. The Labute approximate surface area is 134 Å². The molecule has 0 saturated heterocycles. The summed E-state index contributed by atoms with van der Waals surface area (Å²) >= 11 is 0. The first-order valence-electron chi connectivity index (χ1n) is 6.68. The van der Waals surface area contributed by atoms with E-state index in [0.717, 1.165) is 6.26 Å². The number of anilines is 1. The Balaban J connectivity index is 1.96. The van der Waals surface area contributed by atoms with E-state index < -0.39 is 28.3 Å². The van der Waals surface area contributed by atoms with Crippen LogP contribution in [0.3, 0.4) is 0 Å². The topological polar surface area (TPSA) is 89.5 Å². The Kier molecular flexibility index (Phi) is 5.13. The molecule has 0 aliphatic rings. The third-order valence-electron chi connectivity index (χ3n) is 2.89. The van der Waals surface area contributed by atoms with Crippen LogP contribution in [0, 0.1) is 0 Å². The Hall–Kier alpha value is -2.67. The van der Waals surface area contributed by atoms with Gasteiger partial charge < -0.3 is 10.1 Å². The molecule has 0 spiro atoms. The van der Waals surface area contributed by atoms with Crippen molar-refractivity contribution in [2.45, 2.75) is 4.90 Å². The van der Waals surface area contributed by atoms with E-state index in [-0.39, 0.29) is 10.5 Å². The molecule has 1 amide bonds. The molecular formula is C16H15NO5S. The number of hydrogen-bond donors (Lipinski definition) is 1. The molecule has 7 heteroatoms.